The number of aliphatic hydroxyl groups excluding tert-OH is 2. The van der Waals surface area contributed by atoms with Crippen LogP contribution in [0.1, 0.15) is 47.8 Å². The predicted octanol–water partition coefficient (Wildman–Crippen LogP) is 3.31. The number of carbonyl (C=O) groups excluding carboxylic acids is 2. The number of carbonyl (C=O) groups is 2. The van der Waals surface area contributed by atoms with Crippen molar-refractivity contribution in [1.82, 2.24) is 19.5 Å². The molecule has 2 aromatic rings. The fourth-order valence-corrected chi connectivity index (χ4v) is 3.62. The lowest BCUT2D eigenvalue weighted by Crippen LogP contribution is -2.44. The van der Waals surface area contributed by atoms with Gasteiger partial charge in [-0.15, -0.1) is 4.90 Å². The molecule has 1 fully saturated rings. The van der Waals surface area contributed by atoms with E-state index in [0.29, 0.717) is 4.90 Å². The Kier molecular flexibility index (Phi) is 7.23. The zero-order valence-corrected chi connectivity index (χ0v) is 21.3. The van der Waals surface area contributed by atoms with E-state index in [4.69, 9.17) is 37.4 Å². The molecule has 4 atom stereocenters. The van der Waals surface area contributed by atoms with Gasteiger partial charge in [-0.25, -0.2) is 19.0 Å². The molecule has 3 rings (SSSR count). The van der Waals surface area contributed by atoms with Gasteiger partial charge in [-0.05, 0) is 41.5 Å². The van der Waals surface area contributed by atoms with Gasteiger partial charge in [-0.1, -0.05) is 23.2 Å². The van der Waals surface area contributed by atoms with Gasteiger partial charge >= 0.3 is 12.2 Å². The van der Waals surface area contributed by atoms with Crippen LogP contribution in [0.5, 0.6) is 0 Å². The van der Waals surface area contributed by atoms with Crippen LogP contribution in [0.2, 0.25) is 5.15 Å². The topological polar surface area (TPSA) is 149 Å². The van der Waals surface area contributed by atoms with Crippen molar-refractivity contribution in [3.8, 4) is 0 Å². The Morgan fingerprint density at radius 3 is 2.20 bits per heavy atom. The maximum absolute atomic E-state index is 15.2. The second kappa shape index (κ2) is 9.28. The quantitative estimate of drug-likeness (QED) is 0.440. The highest BCUT2D eigenvalue weighted by Crippen LogP contribution is 2.45. The number of imide groups is 1. The normalized spacial score (nSPS) is 25.1. The van der Waals surface area contributed by atoms with Gasteiger partial charge in [0.25, 0.3) is 5.13 Å². The molecule has 3 heterocycles. The molecule has 0 aromatic carbocycles. The average Bonchev–Trinajstić information content (AvgIpc) is 3.18. The van der Waals surface area contributed by atoms with E-state index in [1.54, 1.807) is 41.5 Å². The van der Waals surface area contributed by atoms with E-state index in [0.717, 1.165) is 10.9 Å². The first-order valence-corrected chi connectivity index (χ1v) is 11.2. The third-order valence-electron chi connectivity index (χ3n) is 4.53. The Morgan fingerprint density at radius 2 is 1.74 bits per heavy atom. The van der Waals surface area contributed by atoms with Crippen LogP contribution in [-0.4, -0.2) is 77.1 Å². The van der Waals surface area contributed by atoms with Gasteiger partial charge < -0.3 is 24.4 Å². The Hall–Kier alpha value is -2.32. The molecule has 0 spiro atoms. The molecule has 35 heavy (non-hydrogen) atoms. The van der Waals surface area contributed by atoms with Gasteiger partial charge in [0, 0.05) is 0 Å². The largest absolute Gasteiger partial charge is 0.443 e. The molecule has 1 unspecified atom stereocenters. The summed E-state index contributed by atoms with van der Waals surface area (Å²) >= 11 is 12.1. The van der Waals surface area contributed by atoms with Crippen LogP contribution < -0.4 is 4.90 Å². The second-order valence-electron chi connectivity index (χ2n) is 9.76. The standard InChI is InChI=1S/C20H26Cl2FN5O7/c1-18(2,3)34-16(31)28(17(32)35-19(4,5)6)15-25-12(21)10-13(26-15)27(8-24-10)14-20(22,23)11(30)9(7-29)33-14/h8-9,11,14,29-30H,7H2,1-6H3/t9-,11+,14-,20?/m1/s1. The van der Waals surface area contributed by atoms with E-state index in [-0.39, 0.29) is 16.3 Å². The molecule has 2 N–H and O–H groups in total. The van der Waals surface area contributed by atoms with E-state index in [2.05, 4.69) is 15.0 Å². The molecule has 0 bridgehead atoms. The smallest absolute Gasteiger partial charge is 0.427 e. The number of anilines is 1. The van der Waals surface area contributed by atoms with Gasteiger partial charge in [0.05, 0.1) is 12.9 Å². The number of aromatic nitrogens is 4. The first-order chi connectivity index (χ1) is 16.0. The summed E-state index contributed by atoms with van der Waals surface area (Å²) in [5, 5.41) is 16.3. The highest BCUT2D eigenvalue weighted by molar-refractivity contribution is 6.33. The van der Waals surface area contributed by atoms with Crippen molar-refractivity contribution in [2.75, 3.05) is 11.5 Å². The fraction of sp³-hybridized carbons (Fsp3) is 0.650. The molecule has 2 aromatic heterocycles. The summed E-state index contributed by atoms with van der Waals surface area (Å²) in [7, 11) is 0. The van der Waals surface area contributed by atoms with Crippen molar-refractivity contribution in [2.24, 2.45) is 0 Å². The zero-order valence-electron chi connectivity index (χ0n) is 19.8. The first-order valence-electron chi connectivity index (χ1n) is 10.4. The Morgan fingerprint density at radius 1 is 1.20 bits per heavy atom. The third kappa shape index (κ3) is 5.59. The molecule has 0 aliphatic carbocycles. The highest BCUT2D eigenvalue weighted by Gasteiger charge is 2.57. The molecule has 0 saturated carbocycles. The van der Waals surface area contributed by atoms with Crippen LogP contribution in [0.15, 0.2) is 6.33 Å². The Balaban J connectivity index is 2.14. The summed E-state index contributed by atoms with van der Waals surface area (Å²) in [5.74, 6) is -0.552. The maximum atomic E-state index is 15.2. The zero-order chi connectivity index (χ0) is 26.5. The molecule has 2 amide bonds. The van der Waals surface area contributed by atoms with Crippen LogP contribution in [-0.2, 0) is 14.2 Å². The van der Waals surface area contributed by atoms with Crippen LogP contribution in [0.3, 0.4) is 0 Å². The molecular weight excluding hydrogens is 512 g/mol. The number of hydrogen-bond acceptors (Lipinski definition) is 10. The lowest BCUT2D eigenvalue weighted by Gasteiger charge is -2.27. The Labute approximate surface area is 209 Å². The number of halogens is 3. The second-order valence-corrected chi connectivity index (χ2v) is 10.7. The number of amides is 2. The van der Waals surface area contributed by atoms with Crippen LogP contribution in [0.4, 0.5) is 19.9 Å². The van der Waals surface area contributed by atoms with Crippen LogP contribution in [0, 0.1) is 0 Å². The number of imidazole rings is 1. The molecule has 15 heteroatoms. The molecule has 1 aliphatic rings. The molecular formula is C20H26Cl2FN5O7. The minimum absolute atomic E-state index is 0.0400. The average molecular weight is 538 g/mol. The number of nitrogens with zero attached hydrogens (tertiary/aromatic N) is 5. The molecule has 12 nitrogen and oxygen atoms in total. The number of fused-ring (bicyclic) bond motifs is 1. The lowest BCUT2D eigenvalue weighted by atomic mass is 10.1. The van der Waals surface area contributed by atoms with Crippen LogP contribution in [0.25, 0.3) is 11.2 Å². The number of ether oxygens (including phenoxy) is 3. The maximum Gasteiger partial charge on any atom is 0.427 e. The first kappa shape index (κ1) is 27.3. The van der Waals surface area contributed by atoms with Crippen molar-refractivity contribution in [3.05, 3.63) is 11.5 Å². The highest BCUT2D eigenvalue weighted by atomic mass is 35.5. The monoisotopic (exact) mass is 537 g/mol. The van der Waals surface area contributed by atoms with E-state index >= 15 is 4.39 Å². The number of aliphatic hydroxyl groups is 2. The lowest BCUT2D eigenvalue weighted by molar-refractivity contribution is -0.0482. The molecule has 0 radical (unpaired) electrons. The summed E-state index contributed by atoms with van der Waals surface area (Å²) in [6.07, 6.45) is -6.15. The van der Waals surface area contributed by atoms with Crippen molar-refractivity contribution in [1.29, 1.82) is 0 Å². The summed E-state index contributed by atoms with van der Waals surface area (Å²) < 4.78 is 32.2. The van der Waals surface area contributed by atoms with E-state index in [1.165, 1.54) is 0 Å². The van der Waals surface area contributed by atoms with Gasteiger partial charge in [0.15, 0.2) is 17.0 Å². The summed E-state index contributed by atoms with van der Waals surface area (Å²) in [6, 6.07) is 0. The van der Waals surface area contributed by atoms with E-state index in [1.807, 2.05) is 0 Å². The van der Waals surface area contributed by atoms with Crippen molar-refractivity contribution < 1.29 is 38.4 Å². The third-order valence-corrected chi connectivity index (χ3v) is 5.21. The molecule has 1 saturated heterocycles. The minimum atomic E-state index is -2.88. The summed E-state index contributed by atoms with van der Waals surface area (Å²) in [6.45, 7) is 8.82. The number of alkyl halides is 2. The fourth-order valence-electron chi connectivity index (χ4n) is 3.11. The summed E-state index contributed by atoms with van der Waals surface area (Å²) in [4.78, 5) is 38.5. The SMILES string of the molecule is CC(C)(C)OC(=O)N(C(=O)OC(C)(C)C)c1nc(Cl)c2ncn([C@@H]3O[C@H](CO)[C@H](O)C3(F)Cl)c2n1. The van der Waals surface area contributed by atoms with E-state index in [9.17, 15) is 19.8 Å². The van der Waals surface area contributed by atoms with Crippen LogP contribution >= 0.6 is 23.2 Å². The molecule has 194 valence electrons. The van der Waals surface area contributed by atoms with Crippen molar-refractivity contribution in [2.45, 2.75) is 76.3 Å². The minimum Gasteiger partial charge on any atom is -0.443 e. The Bertz CT molecular complexity index is 1100. The van der Waals surface area contributed by atoms with Gasteiger partial charge in [-0.3, -0.25) is 4.57 Å². The summed E-state index contributed by atoms with van der Waals surface area (Å²) in [5.41, 5.74) is -2.21. The van der Waals surface area contributed by atoms with Crippen molar-refractivity contribution >= 4 is 52.5 Å². The molecule has 1 aliphatic heterocycles. The predicted molar refractivity (Wildman–Crippen MR) is 122 cm³/mol. The van der Waals surface area contributed by atoms with Gasteiger partial charge in [0.2, 0.25) is 5.95 Å². The van der Waals surface area contributed by atoms with Crippen molar-refractivity contribution in [3.63, 3.8) is 0 Å². The van der Waals surface area contributed by atoms with Gasteiger partial charge in [0.1, 0.15) is 28.9 Å². The van der Waals surface area contributed by atoms with Gasteiger partial charge in [-0.2, -0.15) is 9.97 Å². The number of hydrogen-bond donors (Lipinski definition) is 2. The van der Waals surface area contributed by atoms with E-state index < -0.39 is 59.5 Å². The number of rotatable bonds is 3.